The van der Waals surface area contributed by atoms with Gasteiger partial charge < -0.3 is 9.47 Å². The monoisotopic (exact) mass is 264 g/mol. The summed E-state index contributed by atoms with van der Waals surface area (Å²) in [7, 11) is 1.35. The molecule has 0 aromatic heterocycles. The van der Waals surface area contributed by atoms with Crippen LogP contribution in [0.4, 0.5) is 8.78 Å². The summed E-state index contributed by atoms with van der Waals surface area (Å²) in [5.74, 6) is 0.146. The summed E-state index contributed by atoms with van der Waals surface area (Å²) in [6.07, 6.45) is 0.274. The molecule has 0 bridgehead atoms. The Morgan fingerprint density at radius 3 is 2.71 bits per heavy atom. The number of hydrogen-bond acceptors (Lipinski definition) is 3. The molecule has 1 aromatic rings. The van der Waals surface area contributed by atoms with Crippen molar-refractivity contribution in [2.75, 3.05) is 7.11 Å². The summed E-state index contributed by atoms with van der Waals surface area (Å²) < 4.78 is 33.8. The molecular weight excluding hydrogens is 254 g/mol. The van der Waals surface area contributed by atoms with Crippen LogP contribution in [-0.2, 0) is 11.2 Å². The highest BCUT2D eigenvalue weighted by molar-refractivity contribution is 6.63. The van der Waals surface area contributed by atoms with Gasteiger partial charge in [0, 0.05) is 6.42 Å². The molecule has 94 valence electrons. The van der Waals surface area contributed by atoms with Gasteiger partial charge in [-0.15, -0.1) is 0 Å². The Balaban J connectivity index is 2.96. The molecule has 0 atom stereocenters. The van der Waals surface area contributed by atoms with Crippen molar-refractivity contribution in [3.05, 3.63) is 23.8 Å². The van der Waals surface area contributed by atoms with Crippen LogP contribution >= 0.6 is 11.6 Å². The van der Waals surface area contributed by atoms with Crippen LogP contribution in [-0.4, -0.2) is 19.0 Å². The topological polar surface area (TPSA) is 35.5 Å². The Labute approximate surface area is 102 Å². The van der Waals surface area contributed by atoms with Crippen molar-refractivity contribution >= 4 is 16.8 Å². The fraction of sp³-hybridized carbons (Fsp3) is 0.364. The predicted octanol–water partition coefficient (Wildman–Crippen LogP) is 2.99. The molecule has 0 heterocycles. The van der Waals surface area contributed by atoms with E-state index < -0.39 is 11.9 Å². The zero-order valence-corrected chi connectivity index (χ0v) is 9.84. The standard InChI is InChI=1S/C11H11ClF2O3/c1-16-8-4-2-3-7(5-6-9(12)15)10(8)17-11(13)14/h2-4,11H,5-6H2,1H3. The van der Waals surface area contributed by atoms with E-state index in [0.717, 1.165) is 0 Å². The zero-order chi connectivity index (χ0) is 12.8. The molecule has 0 radical (unpaired) electrons. The predicted molar refractivity (Wildman–Crippen MR) is 58.8 cm³/mol. The zero-order valence-electron chi connectivity index (χ0n) is 9.08. The lowest BCUT2D eigenvalue weighted by Gasteiger charge is -2.13. The Morgan fingerprint density at radius 2 is 2.18 bits per heavy atom. The second-order valence-electron chi connectivity index (χ2n) is 3.18. The second-order valence-corrected chi connectivity index (χ2v) is 3.60. The molecule has 0 aliphatic rings. The second kappa shape index (κ2) is 6.39. The number of aryl methyl sites for hydroxylation is 1. The van der Waals surface area contributed by atoms with Gasteiger partial charge in [-0.3, -0.25) is 4.79 Å². The Hall–Kier alpha value is -1.36. The third-order valence-electron chi connectivity index (χ3n) is 2.08. The van der Waals surface area contributed by atoms with Crippen LogP contribution in [0.25, 0.3) is 0 Å². The van der Waals surface area contributed by atoms with Crippen LogP contribution in [0.2, 0.25) is 0 Å². The molecule has 17 heavy (non-hydrogen) atoms. The lowest BCUT2D eigenvalue weighted by Crippen LogP contribution is -2.06. The molecule has 0 unspecified atom stereocenters. The summed E-state index contributed by atoms with van der Waals surface area (Å²) >= 11 is 5.20. The molecule has 0 aliphatic carbocycles. The van der Waals surface area contributed by atoms with E-state index in [1.54, 1.807) is 12.1 Å². The molecule has 6 heteroatoms. The minimum Gasteiger partial charge on any atom is -0.493 e. The summed E-state index contributed by atoms with van der Waals surface area (Å²) in [5.41, 5.74) is 0.457. The van der Waals surface area contributed by atoms with Crippen molar-refractivity contribution in [2.24, 2.45) is 0 Å². The SMILES string of the molecule is COc1cccc(CCC(=O)Cl)c1OC(F)F. The summed E-state index contributed by atoms with van der Waals surface area (Å²) in [6.45, 7) is -2.95. The summed E-state index contributed by atoms with van der Waals surface area (Å²) in [4.78, 5) is 10.7. The van der Waals surface area contributed by atoms with E-state index in [9.17, 15) is 13.6 Å². The number of para-hydroxylation sites is 1. The average Bonchev–Trinajstić information content (AvgIpc) is 2.26. The van der Waals surface area contributed by atoms with Gasteiger partial charge in [0.25, 0.3) is 0 Å². The van der Waals surface area contributed by atoms with Crippen LogP contribution < -0.4 is 9.47 Å². The number of benzene rings is 1. The highest BCUT2D eigenvalue weighted by Gasteiger charge is 2.15. The fourth-order valence-electron chi connectivity index (χ4n) is 1.37. The molecule has 0 aliphatic heterocycles. The van der Waals surface area contributed by atoms with E-state index in [-0.39, 0.29) is 24.3 Å². The van der Waals surface area contributed by atoms with Gasteiger partial charge >= 0.3 is 6.61 Å². The van der Waals surface area contributed by atoms with E-state index in [0.29, 0.717) is 5.56 Å². The molecule has 1 rings (SSSR count). The van der Waals surface area contributed by atoms with Crippen molar-refractivity contribution < 1.29 is 23.0 Å². The molecule has 0 N–H and O–H groups in total. The number of carbonyl (C=O) groups is 1. The first-order valence-corrected chi connectivity index (χ1v) is 5.21. The highest BCUT2D eigenvalue weighted by atomic mass is 35.5. The molecule has 0 saturated heterocycles. The van der Waals surface area contributed by atoms with Gasteiger partial charge in [0.2, 0.25) is 5.24 Å². The van der Waals surface area contributed by atoms with Crippen molar-refractivity contribution in [1.29, 1.82) is 0 Å². The van der Waals surface area contributed by atoms with Gasteiger partial charge in [0.1, 0.15) is 0 Å². The first-order chi connectivity index (χ1) is 8.04. The molecule has 0 spiro atoms. The van der Waals surface area contributed by atoms with E-state index >= 15 is 0 Å². The highest BCUT2D eigenvalue weighted by Crippen LogP contribution is 2.33. The van der Waals surface area contributed by atoms with Gasteiger partial charge in [0.15, 0.2) is 11.5 Å². The molecule has 0 fully saturated rings. The third kappa shape index (κ3) is 4.19. The first-order valence-electron chi connectivity index (χ1n) is 4.83. The van der Waals surface area contributed by atoms with Crippen LogP contribution in [0, 0.1) is 0 Å². The van der Waals surface area contributed by atoms with Crippen LogP contribution in [0.1, 0.15) is 12.0 Å². The molecule has 3 nitrogen and oxygen atoms in total. The lowest BCUT2D eigenvalue weighted by molar-refractivity contribution is -0.111. The fourth-order valence-corrected chi connectivity index (χ4v) is 1.47. The number of ether oxygens (including phenoxy) is 2. The van der Waals surface area contributed by atoms with Crippen LogP contribution in [0.3, 0.4) is 0 Å². The maximum atomic E-state index is 12.2. The van der Waals surface area contributed by atoms with Gasteiger partial charge in [-0.25, -0.2) is 0 Å². The smallest absolute Gasteiger partial charge is 0.387 e. The van der Waals surface area contributed by atoms with Crippen LogP contribution in [0.5, 0.6) is 11.5 Å². The van der Waals surface area contributed by atoms with Crippen LogP contribution in [0.15, 0.2) is 18.2 Å². The van der Waals surface area contributed by atoms with E-state index in [2.05, 4.69) is 4.74 Å². The number of halogens is 3. The first kappa shape index (κ1) is 13.7. The van der Waals surface area contributed by atoms with Gasteiger partial charge in [-0.1, -0.05) is 12.1 Å². The van der Waals surface area contributed by atoms with E-state index in [1.807, 2.05) is 0 Å². The minimum absolute atomic E-state index is 0.0499. The largest absolute Gasteiger partial charge is 0.493 e. The number of methoxy groups -OCH3 is 1. The summed E-state index contributed by atoms with van der Waals surface area (Å²) in [5, 5.41) is -0.532. The Bertz CT molecular complexity index is 396. The molecule has 0 saturated carbocycles. The van der Waals surface area contributed by atoms with Gasteiger partial charge in [-0.05, 0) is 29.7 Å². The van der Waals surface area contributed by atoms with E-state index in [4.69, 9.17) is 16.3 Å². The Morgan fingerprint density at radius 1 is 1.47 bits per heavy atom. The molecule has 0 amide bonds. The van der Waals surface area contributed by atoms with Crippen molar-refractivity contribution in [3.8, 4) is 11.5 Å². The number of carbonyl (C=O) groups excluding carboxylic acids is 1. The number of hydrogen-bond donors (Lipinski definition) is 0. The Kier molecular flexibility index (Phi) is 5.15. The molecular formula is C11H11ClF2O3. The van der Waals surface area contributed by atoms with Crippen molar-refractivity contribution in [1.82, 2.24) is 0 Å². The van der Waals surface area contributed by atoms with E-state index in [1.165, 1.54) is 13.2 Å². The minimum atomic E-state index is -2.95. The van der Waals surface area contributed by atoms with Gasteiger partial charge in [-0.2, -0.15) is 8.78 Å². The maximum Gasteiger partial charge on any atom is 0.387 e. The quantitative estimate of drug-likeness (QED) is 0.741. The molecule has 1 aromatic carbocycles. The summed E-state index contributed by atoms with van der Waals surface area (Å²) in [6, 6.07) is 4.72. The number of rotatable bonds is 6. The third-order valence-corrected chi connectivity index (χ3v) is 2.27. The number of alkyl halides is 2. The maximum absolute atomic E-state index is 12.2. The van der Waals surface area contributed by atoms with Gasteiger partial charge in [0.05, 0.1) is 7.11 Å². The lowest BCUT2D eigenvalue weighted by atomic mass is 10.1. The van der Waals surface area contributed by atoms with Crippen molar-refractivity contribution in [3.63, 3.8) is 0 Å². The average molecular weight is 265 g/mol. The normalized spacial score (nSPS) is 10.4. The van der Waals surface area contributed by atoms with Crippen molar-refractivity contribution in [2.45, 2.75) is 19.5 Å².